The smallest absolute Gasteiger partial charge is 0.263 e. The Morgan fingerprint density at radius 1 is 1.21 bits per heavy atom. The zero-order valence-corrected chi connectivity index (χ0v) is 20.9. The molecule has 1 amide bonds. The SMILES string of the molecule is COc1ccc(CCNC(=O)c2sc3nc4c(cc3c2N)CC(C(C)(C)C)CC4)cc1OC. The molecule has 0 saturated heterocycles. The highest BCUT2D eigenvalue weighted by Gasteiger charge is 2.30. The molecule has 3 N–H and O–H groups in total. The molecule has 2 heterocycles. The van der Waals surface area contributed by atoms with Crippen LogP contribution in [0.15, 0.2) is 24.3 Å². The van der Waals surface area contributed by atoms with Crippen molar-refractivity contribution < 1.29 is 14.3 Å². The summed E-state index contributed by atoms with van der Waals surface area (Å²) in [5.41, 5.74) is 10.7. The predicted octanol–water partition coefficient (Wildman–Crippen LogP) is 5.02. The molecule has 1 aliphatic carbocycles. The number of nitrogens with two attached hydrogens (primary N) is 1. The number of anilines is 1. The molecule has 0 spiro atoms. The fraction of sp³-hybridized carbons (Fsp3) is 0.462. The third kappa shape index (κ3) is 4.78. The lowest BCUT2D eigenvalue weighted by Gasteiger charge is -2.34. The van der Waals surface area contributed by atoms with Gasteiger partial charge in [-0.2, -0.15) is 0 Å². The maximum atomic E-state index is 12.9. The van der Waals surface area contributed by atoms with E-state index < -0.39 is 0 Å². The average molecular weight is 468 g/mol. The molecule has 6 nitrogen and oxygen atoms in total. The van der Waals surface area contributed by atoms with Crippen LogP contribution >= 0.6 is 11.3 Å². The molecule has 0 radical (unpaired) electrons. The Morgan fingerprint density at radius 2 is 1.97 bits per heavy atom. The number of fused-ring (bicyclic) bond motifs is 2. The third-order valence-electron chi connectivity index (χ3n) is 6.66. The number of pyridine rings is 1. The fourth-order valence-electron chi connectivity index (χ4n) is 4.53. The number of amides is 1. The van der Waals surface area contributed by atoms with Crippen molar-refractivity contribution in [2.75, 3.05) is 26.5 Å². The number of thiophene rings is 1. The summed E-state index contributed by atoms with van der Waals surface area (Å²) in [6, 6.07) is 7.94. The largest absolute Gasteiger partial charge is 0.493 e. The number of rotatable bonds is 6. The van der Waals surface area contributed by atoms with Crippen LogP contribution in [0.5, 0.6) is 11.5 Å². The first-order valence-electron chi connectivity index (χ1n) is 11.4. The summed E-state index contributed by atoms with van der Waals surface area (Å²) in [6.45, 7) is 7.41. The number of nitrogens with one attached hydrogen (secondary N) is 1. The van der Waals surface area contributed by atoms with Gasteiger partial charge in [0, 0.05) is 17.6 Å². The molecule has 33 heavy (non-hydrogen) atoms. The molecule has 1 aliphatic rings. The van der Waals surface area contributed by atoms with Crippen LogP contribution in [0.3, 0.4) is 0 Å². The molecule has 1 atom stereocenters. The predicted molar refractivity (Wildman–Crippen MR) is 135 cm³/mol. The monoisotopic (exact) mass is 467 g/mol. The topological polar surface area (TPSA) is 86.5 Å². The van der Waals surface area contributed by atoms with Crippen molar-refractivity contribution in [1.29, 1.82) is 0 Å². The summed E-state index contributed by atoms with van der Waals surface area (Å²) in [4.78, 5) is 19.2. The Morgan fingerprint density at radius 3 is 2.67 bits per heavy atom. The number of aromatic nitrogens is 1. The van der Waals surface area contributed by atoms with Crippen molar-refractivity contribution in [1.82, 2.24) is 10.3 Å². The lowest BCUT2D eigenvalue weighted by molar-refractivity contribution is 0.0959. The molecule has 0 saturated carbocycles. The van der Waals surface area contributed by atoms with Crippen LogP contribution in [-0.2, 0) is 19.3 Å². The van der Waals surface area contributed by atoms with E-state index in [4.69, 9.17) is 20.2 Å². The maximum Gasteiger partial charge on any atom is 0.263 e. The summed E-state index contributed by atoms with van der Waals surface area (Å²) in [5, 5.41) is 3.90. The molecule has 3 aromatic rings. The number of carbonyl (C=O) groups is 1. The molecule has 1 aromatic carbocycles. The number of hydrogen-bond donors (Lipinski definition) is 2. The van der Waals surface area contributed by atoms with Crippen LogP contribution in [0.1, 0.15) is 53.7 Å². The standard InChI is InChI=1S/C26H33N3O3S/c1-26(2,3)17-7-8-19-16(13-17)14-18-22(27)23(33-25(18)29-19)24(30)28-11-10-15-6-9-20(31-4)21(12-15)32-5/h6,9,12,14,17H,7-8,10-11,13,27H2,1-5H3,(H,28,30). The Bertz CT molecular complexity index is 1180. The van der Waals surface area contributed by atoms with Gasteiger partial charge in [-0.25, -0.2) is 4.98 Å². The molecule has 0 fully saturated rings. The van der Waals surface area contributed by atoms with E-state index in [0.29, 0.717) is 40.9 Å². The molecule has 176 valence electrons. The van der Waals surface area contributed by atoms with E-state index in [9.17, 15) is 4.79 Å². The average Bonchev–Trinajstić information content (AvgIpc) is 3.11. The minimum absolute atomic E-state index is 0.151. The number of benzene rings is 1. The van der Waals surface area contributed by atoms with Gasteiger partial charge in [0.25, 0.3) is 5.91 Å². The van der Waals surface area contributed by atoms with E-state index in [1.807, 2.05) is 18.2 Å². The molecular formula is C26H33N3O3S. The summed E-state index contributed by atoms with van der Waals surface area (Å²) in [5.74, 6) is 1.84. The number of hydrogen-bond acceptors (Lipinski definition) is 6. The maximum absolute atomic E-state index is 12.9. The highest BCUT2D eigenvalue weighted by Crippen LogP contribution is 2.40. The number of methoxy groups -OCH3 is 2. The fourth-order valence-corrected chi connectivity index (χ4v) is 5.55. The lowest BCUT2D eigenvalue weighted by atomic mass is 9.71. The van der Waals surface area contributed by atoms with Gasteiger partial charge in [-0.3, -0.25) is 4.79 Å². The van der Waals surface area contributed by atoms with Crippen LogP contribution in [0.2, 0.25) is 0 Å². The quantitative estimate of drug-likeness (QED) is 0.532. The van der Waals surface area contributed by atoms with Gasteiger partial charge in [-0.05, 0) is 66.3 Å². The van der Waals surface area contributed by atoms with E-state index in [0.717, 1.165) is 40.7 Å². The minimum atomic E-state index is -0.151. The normalized spacial score (nSPS) is 15.8. The van der Waals surface area contributed by atoms with Gasteiger partial charge in [0.05, 0.1) is 19.9 Å². The number of ether oxygens (including phenoxy) is 2. The minimum Gasteiger partial charge on any atom is -0.493 e. The molecule has 1 unspecified atom stereocenters. The van der Waals surface area contributed by atoms with Gasteiger partial charge in [-0.1, -0.05) is 26.8 Å². The second-order valence-corrected chi connectivity index (χ2v) is 10.8. The number of nitrogen functional groups attached to an aromatic ring is 1. The Hall–Kier alpha value is -2.80. The first kappa shape index (κ1) is 23.4. The van der Waals surface area contributed by atoms with Crippen LogP contribution in [0.4, 0.5) is 5.69 Å². The van der Waals surface area contributed by atoms with Crippen molar-refractivity contribution >= 4 is 33.1 Å². The van der Waals surface area contributed by atoms with E-state index in [1.54, 1.807) is 14.2 Å². The third-order valence-corrected chi connectivity index (χ3v) is 7.78. The van der Waals surface area contributed by atoms with Gasteiger partial charge in [0.2, 0.25) is 0 Å². The second kappa shape index (κ2) is 9.21. The Kier molecular flexibility index (Phi) is 6.52. The number of nitrogens with zero attached hydrogens (tertiary/aromatic N) is 1. The Balaban J connectivity index is 1.47. The molecule has 0 bridgehead atoms. The highest BCUT2D eigenvalue weighted by molar-refractivity contribution is 7.21. The lowest BCUT2D eigenvalue weighted by Crippen LogP contribution is -2.27. The first-order chi connectivity index (χ1) is 15.7. The van der Waals surface area contributed by atoms with Crippen molar-refractivity contribution in [2.45, 2.75) is 46.5 Å². The molecular weight excluding hydrogens is 434 g/mol. The van der Waals surface area contributed by atoms with Crippen LogP contribution in [0.25, 0.3) is 10.2 Å². The van der Waals surface area contributed by atoms with E-state index in [2.05, 4.69) is 32.2 Å². The van der Waals surface area contributed by atoms with Crippen molar-refractivity contribution in [3.05, 3.63) is 46.0 Å². The number of aryl methyl sites for hydroxylation is 1. The zero-order valence-electron chi connectivity index (χ0n) is 20.1. The highest BCUT2D eigenvalue weighted by atomic mass is 32.1. The van der Waals surface area contributed by atoms with Crippen LogP contribution < -0.4 is 20.5 Å². The van der Waals surface area contributed by atoms with Crippen LogP contribution in [-0.4, -0.2) is 31.7 Å². The zero-order chi connectivity index (χ0) is 23.8. The van der Waals surface area contributed by atoms with E-state index in [-0.39, 0.29) is 11.3 Å². The second-order valence-electron chi connectivity index (χ2n) is 9.79. The van der Waals surface area contributed by atoms with Crippen molar-refractivity contribution in [3.8, 4) is 11.5 Å². The summed E-state index contributed by atoms with van der Waals surface area (Å²) in [7, 11) is 3.23. The Labute approximate surface area is 199 Å². The molecule has 4 rings (SSSR count). The van der Waals surface area contributed by atoms with E-state index in [1.165, 1.54) is 16.9 Å². The molecule has 0 aliphatic heterocycles. The van der Waals surface area contributed by atoms with Gasteiger partial charge in [0.1, 0.15) is 9.71 Å². The van der Waals surface area contributed by atoms with Gasteiger partial charge < -0.3 is 20.5 Å². The van der Waals surface area contributed by atoms with Crippen LogP contribution in [0, 0.1) is 11.3 Å². The van der Waals surface area contributed by atoms with Crippen molar-refractivity contribution in [2.24, 2.45) is 11.3 Å². The number of carbonyl (C=O) groups excluding carboxylic acids is 1. The van der Waals surface area contributed by atoms with Crippen molar-refractivity contribution in [3.63, 3.8) is 0 Å². The molecule has 2 aromatic heterocycles. The first-order valence-corrected chi connectivity index (χ1v) is 12.2. The van der Waals surface area contributed by atoms with Gasteiger partial charge in [-0.15, -0.1) is 11.3 Å². The van der Waals surface area contributed by atoms with E-state index >= 15 is 0 Å². The summed E-state index contributed by atoms with van der Waals surface area (Å²) >= 11 is 1.38. The van der Waals surface area contributed by atoms with Gasteiger partial charge in [0.15, 0.2) is 11.5 Å². The summed E-state index contributed by atoms with van der Waals surface area (Å²) in [6.07, 6.45) is 3.83. The molecule has 7 heteroatoms. The van der Waals surface area contributed by atoms with Gasteiger partial charge >= 0.3 is 0 Å². The summed E-state index contributed by atoms with van der Waals surface area (Å²) < 4.78 is 10.6.